The number of anilines is 1. The summed E-state index contributed by atoms with van der Waals surface area (Å²) < 4.78 is 47.5. The third-order valence-corrected chi connectivity index (χ3v) is 6.74. The summed E-state index contributed by atoms with van der Waals surface area (Å²) in [6.07, 6.45) is 1.00. The molecule has 41 heavy (non-hydrogen) atoms. The number of alkyl halides is 3. The average molecular weight is 565 g/mol. The second kappa shape index (κ2) is 11.4. The molecule has 0 bridgehead atoms. The number of hydrogen-bond donors (Lipinski definition) is 2. The zero-order chi connectivity index (χ0) is 29.1. The van der Waals surface area contributed by atoms with Gasteiger partial charge in [-0.3, -0.25) is 14.6 Å². The van der Waals surface area contributed by atoms with Gasteiger partial charge in [0, 0.05) is 55.6 Å². The standard InChI is InChI=1S/C29H27F3N6O3/c1-37-8-10-38(11-9-37)28(40)19-4-5-24(34-16-19)20-12-21-13-22(41-27(21)23(14-20)29(30,31)32)17-36-26(39)7-3-18-2-6-25(33)35-15-18/h2-7,12-16H,8-11,17H2,1H3,(H2,33,35)(H,36,39). The Morgan fingerprint density at radius 3 is 2.49 bits per heavy atom. The van der Waals surface area contributed by atoms with Crippen molar-refractivity contribution in [2.45, 2.75) is 12.7 Å². The van der Waals surface area contributed by atoms with Gasteiger partial charge in [-0.2, -0.15) is 13.2 Å². The number of hydrogen-bond acceptors (Lipinski definition) is 7. The van der Waals surface area contributed by atoms with E-state index in [1.807, 2.05) is 7.05 Å². The maximum atomic E-state index is 14.0. The zero-order valence-electron chi connectivity index (χ0n) is 22.1. The normalized spacial score (nSPS) is 14.6. The predicted octanol–water partition coefficient (Wildman–Crippen LogP) is 4.21. The molecule has 1 aromatic carbocycles. The molecule has 1 saturated heterocycles. The van der Waals surface area contributed by atoms with Crippen LogP contribution in [0.25, 0.3) is 28.3 Å². The van der Waals surface area contributed by atoms with Gasteiger partial charge in [0.1, 0.15) is 17.2 Å². The fourth-order valence-electron chi connectivity index (χ4n) is 4.46. The number of carbonyl (C=O) groups is 2. The monoisotopic (exact) mass is 564 g/mol. The molecule has 3 N–H and O–H groups in total. The summed E-state index contributed by atoms with van der Waals surface area (Å²) in [5, 5.41) is 2.81. The van der Waals surface area contributed by atoms with E-state index in [4.69, 9.17) is 10.2 Å². The number of piperazine rings is 1. The number of pyridine rings is 2. The van der Waals surface area contributed by atoms with Crippen molar-refractivity contribution in [1.82, 2.24) is 25.1 Å². The van der Waals surface area contributed by atoms with Gasteiger partial charge in [-0.05, 0) is 61.2 Å². The van der Waals surface area contributed by atoms with Crippen molar-refractivity contribution < 1.29 is 27.2 Å². The molecule has 0 saturated carbocycles. The van der Waals surface area contributed by atoms with Gasteiger partial charge in [0.15, 0.2) is 0 Å². The van der Waals surface area contributed by atoms with E-state index >= 15 is 0 Å². The highest BCUT2D eigenvalue weighted by atomic mass is 19.4. The molecule has 1 aliphatic rings. The Kier molecular flexibility index (Phi) is 7.75. The number of benzene rings is 1. The first-order chi connectivity index (χ1) is 19.6. The summed E-state index contributed by atoms with van der Waals surface area (Å²) in [5.74, 6) is -0.124. The minimum atomic E-state index is -4.69. The SMILES string of the molecule is CN1CCN(C(=O)c2ccc(-c3cc(C(F)(F)F)c4oc(CNC(=O)C=Cc5ccc(N)nc5)cc4c3)nc2)CC1. The Labute approximate surface area is 233 Å². The van der Waals surface area contributed by atoms with E-state index in [0.29, 0.717) is 30.0 Å². The fourth-order valence-corrected chi connectivity index (χ4v) is 4.46. The Hall–Kier alpha value is -4.71. The first-order valence-electron chi connectivity index (χ1n) is 12.8. The van der Waals surface area contributed by atoms with Crippen LogP contribution in [0.5, 0.6) is 0 Å². The zero-order valence-corrected chi connectivity index (χ0v) is 22.1. The molecule has 9 nitrogen and oxygen atoms in total. The topological polar surface area (TPSA) is 118 Å². The van der Waals surface area contributed by atoms with Gasteiger partial charge in [0.2, 0.25) is 5.91 Å². The van der Waals surface area contributed by atoms with E-state index in [1.54, 1.807) is 23.1 Å². The van der Waals surface area contributed by atoms with Crippen LogP contribution < -0.4 is 11.1 Å². The number of fused-ring (bicyclic) bond motifs is 1. The van der Waals surface area contributed by atoms with Gasteiger partial charge in [-0.15, -0.1) is 0 Å². The van der Waals surface area contributed by atoms with Crippen molar-refractivity contribution in [1.29, 1.82) is 0 Å². The van der Waals surface area contributed by atoms with Crippen LogP contribution in [0.15, 0.2) is 65.4 Å². The van der Waals surface area contributed by atoms with Gasteiger partial charge in [0.05, 0.1) is 23.4 Å². The largest absolute Gasteiger partial charge is 0.459 e. The summed E-state index contributed by atoms with van der Waals surface area (Å²) >= 11 is 0. The van der Waals surface area contributed by atoms with Crippen molar-refractivity contribution in [3.8, 4) is 11.3 Å². The van der Waals surface area contributed by atoms with Gasteiger partial charge >= 0.3 is 6.18 Å². The van der Waals surface area contributed by atoms with Gasteiger partial charge in [-0.25, -0.2) is 4.98 Å². The van der Waals surface area contributed by atoms with E-state index in [1.165, 1.54) is 42.7 Å². The summed E-state index contributed by atoms with van der Waals surface area (Å²) in [6, 6.07) is 10.4. The van der Waals surface area contributed by atoms with Crippen LogP contribution >= 0.6 is 0 Å². The molecule has 0 unspecified atom stereocenters. The second-order valence-electron chi connectivity index (χ2n) is 9.75. The van der Waals surface area contributed by atoms with Crippen molar-refractivity contribution in [2.24, 2.45) is 0 Å². The van der Waals surface area contributed by atoms with E-state index in [-0.39, 0.29) is 40.4 Å². The molecule has 0 aliphatic carbocycles. The molecular weight excluding hydrogens is 537 g/mol. The number of amides is 2. The summed E-state index contributed by atoms with van der Waals surface area (Å²) in [7, 11) is 1.99. The molecule has 3 aromatic heterocycles. The second-order valence-corrected chi connectivity index (χ2v) is 9.75. The Balaban J connectivity index is 1.34. The number of aromatic nitrogens is 2. The summed E-state index contributed by atoms with van der Waals surface area (Å²) in [5.41, 5.74) is 5.78. The van der Waals surface area contributed by atoms with Gasteiger partial charge in [-0.1, -0.05) is 0 Å². The number of halogens is 3. The van der Waals surface area contributed by atoms with Crippen LogP contribution in [0.3, 0.4) is 0 Å². The molecular formula is C29H27F3N6O3. The first-order valence-corrected chi connectivity index (χ1v) is 12.8. The molecule has 5 rings (SSSR count). The molecule has 1 fully saturated rings. The number of furan rings is 1. The quantitative estimate of drug-likeness (QED) is 0.337. The third kappa shape index (κ3) is 6.55. The van der Waals surface area contributed by atoms with E-state index in [9.17, 15) is 22.8 Å². The van der Waals surface area contributed by atoms with Crippen molar-refractivity contribution >= 4 is 34.7 Å². The highest BCUT2D eigenvalue weighted by molar-refractivity contribution is 5.94. The van der Waals surface area contributed by atoms with Crippen LogP contribution in [0, 0.1) is 0 Å². The van der Waals surface area contributed by atoms with Crippen molar-refractivity contribution in [3.63, 3.8) is 0 Å². The lowest BCUT2D eigenvalue weighted by atomic mass is 10.0. The molecule has 2 amide bonds. The van der Waals surface area contributed by atoms with Gasteiger partial charge in [0.25, 0.3) is 5.91 Å². The lowest BCUT2D eigenvalue weighted by Crippen LogP contribution is -2.47. The molecule has 0 spiro atoms. The number of carbonyl (C=O) groups excluding carboxylic acids is 2. The highest BCUT2D eigenvalue weighted by Gasteiger charge is 2.35. The number of nitrogen functional groups attached to an aromatic ring is 1. The Morgan fingerprint density at radius 2 is 1.83 bits per heavy atom. The number of nitrogens with zero attached hydrogens (tertiary/aromatic N) is 4. The minimum absolute atomic E-state index is 0.119. The highest BCUT2D eigenvalue weighted by Crippen LogP contribution is 2.39. The molecule has 1 aliphatic heterocycles. The lowest BCUT2D eigenvalue weighted by Gasteiger charge is -2.32. The third-order valence-electron chi connectivity index (χ3n) is 6.74. The maximum absolute atomic E-state index is 14.0. The number of likely N-dealkylation sites (N-methyl/N-ethyl adjacent to an activating group) is 1. The molecule has 4 aromatic rings. The fraction of sp³-hybridized carbons (Fsp3) is 0.241. The van der Waals surface area contributed by atoms with Crippen LogP contribution in [-0.4, -0.2) is 64.8 Å². The molecule has 212 valence electrons. The maximum Gasteiger partial charge on any atom is 0.420 e. The first kappa shape index (κ1) is 27.8. The van der Waals surface area contributed by atoms with Crippen LogP contribution in [0.4, 0.5) is 19.0 Å². The number of rotatable bonds is 6. The number of nitrogens with two attached hydrogens (primary N) is 1. The average Bonchev–Trinajstić information content (AvgIpc) is 3.38. The minimum Gasteiger partial charge on any atom is -0.459 e. The van der Waals surface area contributed by atoms with Crippen LogP contribution in [-0.2, 0) is 17.5 Å². The van der Waals surface area contributed by atoms with Crippen LogP contribution in [0.2, 0.25) is 0 Å². The molecule has 0 atom stereocenters. The van der Waals surface area contributed by atoms with Gasteiger partial charge < -0.3 is 25.3 Å². The van der Waals surface area contributed by atoms with E-state index < -0.39 is 17.6 Å². The smallest absolute Gasteiger partial charge is 0.420 e. The molecule has 12 heteroatoms. The van der Waals surface area contributed by atoms with Crippen LogP contribution in [0.1, 0.15) is 27.2 Å². The van der Waals surface area contributed by atoms with E-state index in [2.05, 4.69) is 20.2 Å². The Morgan fingerprint density at radius 1 is 1.05 bits per heavy atom. The predicted molar refractivity (Wildman–Crippen MR) is 147 cm³/mol. The van der Waals surface area contributed by atoms with Crippen molar-refractivity contribution in [2.75, 3.05) is 39.0 Å². The Bertz CT molecular complexity index is 1590. The summed E-state index contributed by atoms with van der Waals surface area (Å²) in [4.78, 5) is 37.1. The molecule has 4 heterocycles. The lowest BCUT2D eigenvalue weighted by molar-refractivity contribution is -0.136. The number of nitrogens with one attached hydrogen (secondary N) is 1. The van der Waals surface area contributed by atoms with E-state index in [0.717, 1.165) is 19.2 Å². The van der Waals surface area contributed by atoms with Crippen molar-refractivity contribution in [3.05, 3.63) is 83.4 Å². The molecule has 0 radical (unpaired) electrons. The summed E-state index contributed by atoms with van der Waals surface area (Å²) in [6.45, 7) is 2.62.